The van der Waals surface area contributed by atoms with Crippen LogP contribution in [0.5, 0.6) is 0 Å². The Balaban J connectivity index is 0.00000288. The minimum absolute atomic E-state index is 0. The summed E-state index contributed by atoms with van der Waals surface area (Å²) in [7, 11) is 5.91. The van der Waals surface area contributed by atoms with Crippen molar-refractivity contribution in [3.63, 3.8) is 0 Å². The lowest BCUT2D eigenvalue weighted by molar-refractivity contribution is 0.665. The van der Waals surface area contributed by atoms with Gasteiger partial charge in [0, 0.05) is 58.9 Å². The molecule has 0 unspecified atom stereocenters. The monoisotopic (exact) mass is 441 g/mol. The highest BCUT2D eigenvalue weighted by Crippen LogP contribution is 2.12. The molecule has 0 fully saturated rings. The Morgan fingerprint density at radius 1 is 1.04 bits per heavy atom. The van der Waals surface area contributed by atoms with Gasteiger partial charge in [-0.15, -0.1) is 24.0 Å². The second-order valence-electron chi connectivity index (χ2n) is 5.66. The number of hydrogen-bond acceptors (Lipinski definition) is 2. The third-order valence-electron chi connectivity index (χ3n) is 3.71. The van der Waals surface area contributed by atoms with Crippen molar-refractivity contribution in [1.82, 2.24) is 15.2 Å². The zero-order valence-electron chi connectivity index (χ0n) is 14.7. The lowest BCUT2D eigenvalue weighted by atomic mass is 10.1. The second kappa shape index (κ2) is 11.0. The molecule has 1 aromatic heterocycles. The molecule has 132 valence electrons. The summed E-state index contributed by atoms with van der Waals surface area (Å²) in [6.07, 6.45) is 5.11. The third kappa shape index (κ3) is 6.82. The topological polar surface area (TPSA) is 44.6 Å². The predicted molar refractivity (Wildman–Crippen MR) is 114 cm³/mol. The zero-order valence-corrected chi connectivity index (χ0v) is 17.0. The minimum atomic E-state index is 0. The number of benzene rings is 1. The maximum absolute atomic E-state index is 4.25. The van der Waals surface area contributed by atoms with Crippen molar-refractivity contribution in [2.24, 2.45) is 4.99 Å². The van der Waals surface area contributed by atoms with Crippen molar-refractivity contribution in [3.8, 4) is 0 Å². The highest BCUT2D eigenvalue weighted by atomic mass is 127. The highest BCUT2D eigenvalue weighted by Gasteiger charge is 1.99. The number of guanidine groups is 1. The van der Waals surface area contributed by atoms with Crippen molar-refractivity contribution < 1.29 is 0 Å². The number of hydrogen-bond donors (Lipinski definition) is 2. The zero-order chi connectivity index (χ0) is 16.5. The Bertz CT molecular complexity index is 590. The molecule has 0 atom stereocenters. The first-order chi connectivity index (χ1) is 11.2. The molecular formula is C18H28IN5. The number of halogens is 1. The summed E-state index contributed by atoms with van der Waals surface area (Å²) in [5, 5.41) is 6.68. The van der Waals surface area contributed by atoms with Gasteiger partial charge >= 0.3 is 0 Å². The summed E-state index contributed by atoms with van der Waals surface area (Å²) in [6.45, 7) is 2.65. The summed E-state index contributed by atoms with van der Waals surface area (Å²) in [4.78, 5) is 6.36. The van der Waals surface area contributed by atoms with Gasteiger partial charge in [0.05, 0.1) is 0 Å². The molecule has 0 amide bonds. The summed E-state index contributed by atoms with van der Waals surface area (Å²) in [6, 6.07) is 12.7. The van der Waals surface area contributed by atoms with E-state index in [1.807, 2.05) is 12.1 Å². The van der Waals surface area contributed by atoms with E-state index in [9.17, 15) is 0 Å². The molecule has 0 saturated carbocycles. The van der Waals surface area contributed by atoms with Gasteiger partial charge in [-0.1, -0.05) is 12.1 Å². The van der Waals surface area contributed by atoms with Crippen LogP contribution in [0.4, 0.5) is 5.69 Å². The van der Waals surface area contributed by atoms with E-state index in [4.69, 9.17) is 0 Å². The van der Waals surface area contributed by atoms with Gasteiger partial charge in [0.25, 0.3) is 0 Å². The smallest absolute Gasteiger partial charge is 0.191 e. The van der Waals surface area contributed by atoms with Crippen molar-refractivity contribution >= 4 is 35.6 Å². The van der Waals surface area contributed by atoms with Gasteiger partial charge < -0.3 is 20.1 Å². The van der Waals surface area contributed by atoms with Gasteiger partial charge in [-0.25, -0.2) is 0 Å². The molecule has 0 aliphatic carbocycles. The fraction of sp³-hybridized carbons (Fsp3) is 0.389. The van der Waals surface area contributed by atoms with Crippen LogP contribution in [-0.2, 0) is 13.0 Å². The van der Waals surface area contributed by atoms with Crippen LogP contribution in [0.15, 0.2) is 53.8 Å². The first-order valence-corrected chi connectivity index (χ1v) is 8.00. The van der Waals surface area contributed by atoms with E-state index in [-0.39, 0.29) is 24.0 Å². The maximum Gasteiger partial charge on any atom is 0.191 e. The molecular weight excluding hydrogens is 413 g/mol. The Hall–Kier alpha value is -1.70. The number of nitrogens with one attached hydrogen (secondary N) is 2. The lowest BCUT2D eigenvalue weighted by Crippen LogP contribution is -2.39. The Morgan fingerprint density at radius 2 is 1.67 bits per heavy atom. The van der Waals surface area contributed by atoms with Crippen molar-refractivity contribution in [1.29, 1.82) is 0 Å². The van der Waals surface area contributed by atoms with Crippen LogP contribution in [0.2, 0.25) is 0 Å². The van der Waals surface area contributed by atoms with Gasteiger partial charge in [-0.2, -0.15) is 0 Å². The summed E-state index contributed by atoms with van der Waals surface area (Å²) in [5.74, 6) is 0.849. The third-order valence-corrected chi connectivity index (χ3v) is 3.71. The van der Waals surface area contributed by atoms with E-state index in [1.165, 1.54) is 11.3 Å². The van der Waals surface area contributed by atoms with E-state index >= 15 is 0 Å². The van der Waals surface area contributed by atoms with Gasteiger partial charge in [-0.3, -0.25) is 4.99 Å². The van der Waals surface area contributed by atoms with E-state index < -0.39 is 0 Å². The number of aliphatic imine (C=N–C) groups is 1. The molecule has 0 radical (unpaired) electrons. The Labute approximate surface area is 162 Å². The standard InChI is InChI=1S/C18H27N5.HI/c1-19-18(21-12-15-23-13-4-5-14-23)20-11-10-16-6-8-17(9-7-16)22(2)3;/h4-9,13-14H,10-12,15H2,1-3H3,(H2,19,20,21);1H. The molecule has 0 aliphatic rings. The molecule has 1 aromatic carbocycles. The normalized spacial score (nSPS) is 10.9. The average Bonchev–Trinajstić information content (AvgIpc) is 3.07. The average molecular weight is 441 g/mol. The van der Waals surface area contributed by atoms with E-state index in [0.29, 0.717) is 0 Å². The summed E-state index contributed by atoms with van der Waals surface area (Å²) < 4.78 is 2.15. The number of nitrogens with zero attached hydrogens (tertiary/aromatic N) is 3. The molecule has 6 heteroatoms. The van der Waals surface area contributed by atoms with Crippen LogP contribution < -0.4 is 15.5 Å². The molecule has 0 saturated heterocycles. The van der Waals surface area contributed by atoms with Gasteiger partial charge in [0.2, 0.25) is 0 Å². The van der Waals surface area contributed by atoms with Crippen LogP contribution >= 0.6 is 24.0 Å². The highest BCUT2D eigenvalue weighted by molar-refractivity contribution is 14.0. The van der Waals surface area contributed by atoms with Crippen LogP contribution in [0.1, 0.15) is 5.56 Å². The van der Waals surface area contributed by atoms with Gasteiger partial charge in [0.15, 0.2) is 5.96 Å². The fourth-order valence-electron chi connectivity index (χ4n) is 2.33. The van der Waals surface area contributed by atoms with Crippen LogP contribution in [-0.4, -0.2) is 44.8 Å². The molecule has 2 aromatic rings. The molecule has 2 N–H and O–H groups in total. The quantitative estimate of drug-likeness (QED) is 0.395. The van der Waals surface area contributed by atoms with Gasteiger partial charge in [0.1, 0.15) is 0 Å². The SMILES string of the molecule is CN=C(NCCc1ccc(N(C)C)cc1)NCCn1cccc1.I. The molecule has 0 bridgehead atoms. The van der Waals surface area contributed by atoms with Crippen molar-refractivity contribution in [2.45, 2.75) is 13.0 Å². The molecule has 0 spiro atoms. The molecule has 2 rings (SSSR count). The minimum Gasteiger partial charge on any atom is -0.378 e. The first-order valence-electron chi connectivity index (χ1n) is 8.00. The van der Waals surface area contributed by atoms with E-state index in [1.54, 1.807) is 7.05 Å². The lowest BCUT2D eigenvalue weighted by Gasteiger charge is -2.14. The first kappa shape index (κ1) is 20.3. The number of rotatable bonds is 7. The molecule has 24 heavy (non-hydrogen) atoms. The van der Waals surface area contributed by atoms with Crippen LogP contribution in [0.3, 0.4) is 0 Å². The van der Waals surface area contributed by atoms with Crippen molar-refractivity contribution in [2.75, 3.05) is 39.1 Å². The predicted octanol–water partition coefficient (Wildman–Crippen LogP) is 2.58. The number of aromatic nitrogens is 1. The van der Waals surface area contributed by atoms with Gasteiger partial charge in [-0.05, 0) is 36.2 Å². The maximum atomic E-state index is 4.25. The van der Waals surface area contributed by atoms with Crippen LogP contribution in [0.25, 0.3) is 0 Å². The molecule has 5 nitrogen and oxygen atoms in total. The second-order valence-corrected chi connectivity index (χ2v) is 5.66. The Morgan fingerprint density at radius 3 is 2.25 bits per heavy atom. The van der Waals surface area contributed by atoms with E-state index in [2.05, 4.69) is 75.8 Å². The Kier molecular flexibility index (Phi) is 9.29. The van der Waals surface area contributed by atoms with Crippen LogP contribution in [0, 0.1) is 0 Å². The van der Waals surface area contributed by atoms with Crippen molar-refractivity contribution in [3.05, 3.63) is 54.4 Å². The molecule has 1 heterocycles. The summed E-state index contributed by atoms with van der Waals surface area (Å²) in [5.41, 5.74) is 2.55. The number of anilines is 1. The summed E-state index contributed by atoms with van der Waals surface area (Å²) >= 11 is 0. The van der Waals surface area contributed by atoms with E-state index in [0.717, 1.165) is 32.0 Å². The fourth-order valence-corrected chi connectivity index (χ4v) is 2.33. The largest absolute Gasteiger partial charge is 0.378 e. The molecule has 0 aliphatic heterocycles.